The molecule has 4 aromatic carbocycles. The molecule has 1 heterocycles. The van der Waals surface area contributed by atoms with E-state index in [0.29, 0.717) is 21.7 Å². The number of halogens is 1. The van der Waals surface area contributed by atoms with Gasteiger partial charge in [0.25, 0.3) is 17.7 Å². The number of fused-ring (bicyclic) bond motifs is 2. The lowest BCUT2D eigenvalue weighted by molar-refractivity contribution is 0.0924. The van der Waals surface area contributed by atoms with E-state index in [9.17, 15) is 14.4 Å². The first kappa shape index (κ1) is 19.0. The zero-order valence-corrected chi connectivity index (χ0v) is 16.9. The van der Waals surface area contributed by atoms with Gasteiger partial charge < -0.3 is 5.32 Å². The standard InChI is InChI=1S/C25H15ClN2O3/c26-18-11-12-22(28-24(30)19-7-3-4-8-20(19)25(28)31)21(14-18)27-23(29)17-10-9-15-5-1-2-6-16(15)13-17/h1-14H,(H,27,29). The van der Waals surface area contributed by atoms with E-state index >= 15 is 0 Å². The van der Waals surface area contributed by atoms with Crippen LogP contribution in [0.15, 0.2) is 84.9 Å². The Morgan fingerprint density at radius 3 is 2.10 bits per heavy atom. The van der Waals surface area contributed by atoms with Crippen LogP contribution in [0.3, 0.4) is 0 Å². The van der Waals surface area contributed by atoms with Crippen molar-refractivity contribution in [3.05, 3.63) is 107 Å². The molecule has 3 amide bonds. The Kier molecular flexibility index (Phi) is 4.53. The molecular weight excluding hydrogens is 412 g/mol. The Morgan fingerprint density at radius 2 is 1.39 bits per heavy atom. The Balaban J connectivity index is 1.52. The Morgan fingerprint density at radius 1 is 0.742 bits per heavy atom. The number of rotatable bonds is 3. The molecule has 31 heavy (non-hydrogen) atoms. The molecule has 0 fully saturated rings. The number of amides is 3. The number of benzene rings is 4. The average Bonchev–Trinajstić information content (AvgIpc) is 3.04. The smallest absolute Gasteiger partial charge is 0.266 e. The molecular formula is C25H15ClN2O3. The average molecular weight is 427 g/mol. The van der Waals surface area contributed by atoms with Gasteiger partial charge in [-0.25, -0.2) is 4.90 Å². The number of anilines is 2. The summed E-state index contributed by atoms with van der Waals surface area (Å²) in [6.07, 6.45) is 0. The van der Waals surface area contributed by atoms with Crippen molar-refractivity contribution in [2.75, 3.05) is 10.2 Å². The van der Waals surface area contributed by atoms with Crippen molar-refractivity contribution in [2.24, 2.45) is 0 Å². The molecule has 1 N–H and O–H groups in total. The predicted molar refractivity (Wildman–Crippen MR) is 121 cm³/mol. The summed E-state index contributed by atoms with van der Waals surface area (Å²) in [4.78, 5) is 39.9. The minimum Gasteiger partial charge on any atom is -0.320 e. The monoisotopic (exact) mass is 426 g/mol. The summed E-state index contributed by atoms with van der Waals surface area (Å²) in [6.45, 7) is 0. The molecule has 4 aromatic rings. The van der Waals surface area contributed by atoms with Gasteiger partial charge in [0, 0.05) is 10.6 Å². The quantitative estimate of drug-likeness (QED) is 0.437. The normalized spacial score (nSPS) is 12.9. The number of carbonyl (C=O) groups excluding carboxylic acids is 3. The van der Waals surface area contributed by atoms with Crippen LogP contribution in [0, 0.1) is 0 Å². The van der Waals surface area contributed by atoms with E-state index in [1.165, 1.54) is 6.07 Å². The second-order valence-electron chi connectivity index (χ2n) is 7.17. The van der Waals surface area contributed by atoms with Crippen LogP contribution in [0.1, 0.15) is 31.1 Å². The molecule has 1 aliphatic rings. The fourth-order valence-corrected chi connectivity index (χ4v) is 3.91. The maximum absolute atomic E-state index is 13.0. The van der Waals surface area contributed by atoms with Crippen molar-refractivity contribution in [3.63, 3.8) is 0 Å². The summed E-state index contributed by atoms with van der Waals surface area (Å²) >= 11 is 6.15. The first-order valence-corrected chi connectivity index (χ1v) is 9.98. The molecule has 0 saturated heterocycles. The molecule has 6 heteroatoms. The first-order chi connectivity index (χ1) is 15.0. The molecule has 0 radical (unpaired) electrons. The number of hydrogen-bond acceptors (Lipinski definition) is 3. The highest BCUT2D eigenvalue weighted by molar-refractivity contribution is 6.36. The van der Waals surface area contributed by atoms with Gasteiger partial charge in [0.1, 0.15) is 0 Å². The van der Waals surface area contributed by atoms with Crippen LogP contribution in [-0.2, 0) is 0 Å². The zero-order valence-electron chi connectivity index (χ0n) is 16.1. The molecule has 5 rings (SSSR count). The number of hydrogen-bond donors (Lipinski definition) is 1. The highest BCUT2D eigenvalue weighted by Gasteiger charge is 2.37. The number of carbonyl (C=O) groups is 3. The first-order valence-electron chi connectivity index (χ1n) is 9.60. The second kappa shape index (κ2) is 7.38. The molecule has 0 saturated carbocycles. The third kappa shape index (κ3) is 3.25. The molecule has 1 aliphatic heterocycles. The number of imide groups is 1. The van der Waals surface area contributed by atoms with Gasteiger partial charge in [-0.05, 0) is 53.2 Å². The van der Waals surface area contributed by atoms with E-state index in [-0.39, 0.29) is 17.3 Å². The molecule has 0 bridgehead atoms. The van der Waals surface area contributed by atoms with E-state index in [2.05, 4.69) is 5.32 Å². The van der Waals surface area contributed by atoms with Gasteiger partial charge in [-0.15, -0.1) is 0 Å². The third-order valence-corrected chi connectivity index (χ3v) is 5.49. The van der Waals surface area contributed by atoms with Gasteiger partial charge in [0.2, 0.25) is 0 Å². The van der Waals surface area contributed by atoms with Gasteiger partial charge in [-0.3, -0.25) is 14.4 Å². The van der Waals surface area contributed by atoms with Crippen molar-refractivity contribution < 1.29 is 14.4 Å². The maximum atomic E-state index is 13.0. The van der Waals surface area contributed by atoms with E-state index in [0.717, 1.165) is 15.7 Å². The summed E-state index contributed by atoms with van der Waals surface area (Å²) in [5.41, 5.74) is 1.65. The van der Waals surface area contributed by atoms with Crippen molar-refractivity contribution >= 4 is 51.5 Å². The van der Waals surface area contributed by atoms with Crippen molar-refractivity contribution in [3.8, 4) is 0 Å². The van der Waals surface area contributed by atoms with Gasteiger partial charge >= 0.3 is 0 Å². The largest absolute Gasteiger partial charge is 0.320 e. The van der Waals surface area contributed by atoms with Crippen LogP contribution in [-0.4, -0.2) is 17.7 Å². The van der Waals surface area contributed by atoms with Crippen molar-refractivity contribution in [1.82, 2.24) is 0 Å². The van der Waals surface area contributed by atoms with E-state index in [4.69, 9.17) is 11.6 Å². The maximum Gasteiger partial charge on any atom is 0.266 e. The van der Waals surface area contributed by atoms with Gasteiger partial charge in [-0.1, -0.05) is 54.1 Å². The third-order valence-electron chi connectivity index (χ3n) is 5.25. The molecule has 5 nitrogen and oxygen atoms in total. The molecule has 0 spiro atoms. The van der Waals surface area contributed by atoms with E-state index < -0.39 is 11.8 Å². The van der Waals surface area contributed by atoms with Crippen LogP contribution in [0.5, 0.6) is 0 Å². The summed E-state index contributed by atoms with van der Waals surface area (Å²) in [6, 6.07) is 24.4. The summed E-state index contributed by atoms with van der Waals surface area (Å²) in [7, 11) is 0. The minimum atomic E-state index is -0.441. The van der Waals surface area contributed by atoms with Gasteiger partial charge in [0.05, 0.1) is 22.5 Å². The summed E-state index contributed by atoms with van der Waals surface area (Å²) < 4.78 is 0. The Labute approximate surface area is 182 Å². The SMILES string of the molecule is O=C(Nc1cc(Cl)ccc1N1C(=O)c2ccccc2C1=O)c1ccc2ccccc2c1. The molecule has 0 unspecified atom stereocenters. The van der Waals surface area contributed by atoms with Crippen LogP contribution >= 0.6 is 11.6 Å². The topological polar surface area (TPSA) is 66.5 Å². The minimum absolute atomic E-state index is 0.268. The van der Waals surface area contributed by atoms with Crippen LogP contribution in [0.2, 0.25) is 5.02 Å². The zero-order chi connectivity index (χ0) is 21.5. The number of nitrogens with zero attached hydrogens (tertiary/aromatic N) is 1. The van der Waals surface area contributed by atoms with Gasteiger partial charge in [0.15, 0.2) is 0 Å². The van der Waals surface area contributed by atoms with E-state index in [1.54, 1.807) is 48.5 Å². The highest BCUT2D eigenvalue weighted by atomic mass is 35.5. The fraction of sp³-hybridized carbons (Fsp3) is 0. The lowest BCUT2D eigenvalue weighted by Gasteiger charge is -2.19. The molecule has 0 aromatic heterocycles. The lowest BCUT2D eigenvalue weighted by atomic mass is 10.1. The fourth-order valence-electron chi connectivity index (χ4n) is 3.74. The number of nitrogens with one attached hydrogen (secondary N) is 1. The second-order valence-corrected chi connectivity index (χ2v) is 7.61. The van der Waals surface area contributed by atoms with Crippen LogP contribution in [0.25, 0.3) is 10.8 Å². The summed E-state index contributed by atoms with van der Waals surface area (Å²) in [5.74, 6) is -1.25. The highest BCUT2D eigenvalue weighted by Crippen LogP contribution is 2.35. The Hall–Kier alpha value is -3.96. The predicted octanol–water partition coefficient (Wildman–Crippen LogP) is 5.55. The molecule has 0 aliphatic carbocycles. The Bertz CT molecular complexity index is 1360. The van der Waals surface area contributed by atoms with Gasteiger partial charge in [-0.2, -0.15) is 0 Å². The van der Waals surface area contributed by atoms with Crippen LogP contribution in [0.4, 0.5) is 11.4 Å². The lowest BCUT2D eigenvalue weighted by Crippen LogP contribution is -2.30. The molecule has 150 valence electrons. The van der Waals surface area contributed by atoms with E-state index in [1.807, 2.05) is 30.3 Å². The molecule has 0 atom stereocenters. The summed E-state index contributed by atoms with van der Waals surface area (Å²) in [5, 5.41) is 5.13. The van der Waals surface area contributed by atoms with Crippen molar-refractivity contribution in [1.29, 1.82) is 0 Å². The van der Waals surface area contributed by atoms with Crippen molar-refractivity contribution in [2.45, 2.75) is 0 Å². The van der Waals surface area contributed by atoms with Crippen LogP contribution < -0.4 is 10.2 Å².